The van der Waals surface area contributed by atoms with E-state index in [4.69, 9.17) is 0 Å². The van der Waals surface area contributed by atoms with Crippen LogP contribution in [0.3, 0.4) is 0 Å². The van der Waals surface area contributed by atoms with Crippen LogP contribution < -0.4 is 0 Å². The van der Waals surface area contributed by atoms with Crippen LogP contribution >= 0.6 is 11.8 Å². The van der Waals surface area contributed by atoms with Crippen molar-refractivity contribution in [3.05, 3.63) is 36.0 Å². The zero-order chi connectivity index (χ0) is 13.7. The Morgan fingerprint density at radius 1 is 1.42 bits per heavy atom. The number of hydrogen-bond acceptors (Lipinski definition) is 3. The highest BCUT2D eigenvalue weighted by Gasteiger charge is 2.18. The Labute approximate surface area is 118 Å². The number of phenols is 1. The summed E-state index contributed by atoms with van der Waals surface area (Å²) in [7, 11) is 0. The first-order chi connectivity index (χ1) is 9.22. The Morgan fingerprint density at radius 3 is 2.84 bits per heavy atom. The molecule has 4 heteroatoms. The smallest absolute Gasteiger partial charge is 0.237 e. The van der Waals surface area contributed by atoms with Gasteiger partial charge in [-0.3, -0.25) is 4.79 Å². The summed E-state index contributed by atoms with van der Waals surface area (Å²) in [5.74, 6) is 0.718. The normalized spacial score (nSPS) is 14.3. The maximum Gasteiger partial charge on any atom is 0.237 e. The maximum absolute atomic E-state index is 12.2. The Morgan fingerprint density at radius 2 is 2.21 bits per heavy atom. The van der Waals surface area contributed by atoms with E-state index in [-0.39, 0.29) is 11.7 Å². The van der Waals surface area contributed by atoms with E-state index in [1.54, 1.807) is 12.1 Å². The van der Waals surface area contributed by atoms with Crippen molar-refractivity contribution in [2.75, 3.05) is 12.3 Å². The van der Waals surface area contributed by atoms with Crippen LogP contribution in [0, 0.1) is 0 Å². The highest BCUT2D eigenvalue weighted by Crippen LogP contribution is 2.29. The largest absolute Gasteiger partial charge is 0.507 e. The summed E-state index contributed by atoms with van der Waals surface area (Å²) in [5.41, 5.74) is 1.16. The number of amides is 1. The topological polar surface area (TPSA) is 40.5 Å². The molecule has 1 amide bonds. The number of thioether (sulfide) groups is 1. The fourth-order valence-corrected chi connectivity index (χ4v) is 3.06. The zero-order valence-electron chi connectivity index (χ0n) is 11.1. The molecule has 0 saturated heterocycles. The molecule has 1 aromatic rings. The van der Waals surface area contributed by atoms with Gasteiger partial charge in [0.05, 0.1) is 5.75 Å². The van der Waals surface area contributed by atoms with Crippen molar-refractivity contribution in [1.82, 2.24) is 4.90 Å². The van der Waals surface area contributed by atoms with Gasteiger partial charge in [-0.1, -0.05) is 18.2 Å². The molecular weight excluding hydrogens is 258 g/mol. The van der Waals surface area contributed by atoms with E-state index in [9.17, 15) is 9.90 Å². The van der Waals surface area contributed by atoms with Gasteiger partial charge in [0.25, 0.3) is 0 Å². The lowest BCUT2D eigenvalue weighted by Crippen LogP contribution is -2.31. The third-order valence-corrected chi connectivity index (χ3v) is 4.24. The number of para-hydroxylation sites is 1. The van der Waals surface area contributed by atoms with Crippen LogP contribution in [0.4, 0.5) is 0 Å². The average Bonchev–Trinajstić information content (AvgIpc) is 2.92. The molecule has 0 atom stereocenters. The Bertz CT molecular complexity index is 485. The monoisotopic (exact) mass is 277 g/mol. The van der Waals surface area contributed by atoms with E-state index in [0.717, 1.165) is 29.9 Å². The number of hydrogen-bond donors (Lipinski definition) is 1. The highest BCUT2D eigenvalue weighted by molar-refractivity contribution is 8.00. The van der Waals surface area contributed by atoms with Crippen molar-refractivity contribution in [2.24, 2.45) is 0 Å². The first-order valence-corrected chi connectivity index (χ1v) is 7.61. The Balaban J connectivity index is 1.95. The molecule has 1 aromatic carbocycles. The third kappa shape index (κ3) is 3.53. The molecule has 102 valence electrons. The van der Waals surface area contributed by atoms with E-state index < -0.39 is 0 Å². The summed E-state index contributed by atoms with van der Waals surface area (Å²) < 4.78 is 0. The maximum atomic E-state index is 12.2. The Kier molecular flexibility index (Phi) is 4.91. The van der Waals surface area contributed by atoms with Crippen molar-refractivity contribution >= 4 is 17.7 Å². The van der Waals surface area contributed by atoms with Crippen molar-refractivity contribution < 1.29 is 9.90 Å². The summed E-state index contributed by atoms with van der Waals surface area (Å²) in [4.78, 5) is 14.8. The molecule has 0 fully saturated rings. The SMILES string of the molecule is CCN(C(=O)CSc1ccccc1O)C1=CCCC1. The standard InChI is InChI=1S/C15H19NO2S/c1-2-16(12-7-3-4-8-12)15(18)11-19-14-10-6-5-9-13(14)17/h5-7,9-10,17H,2-4,8,11H2,1H3. The van der Waals surface area contributed by atoms with Gasteiger partial charge < -0.3 is 10.0 Å². The lowest BCUT2D eigenvalue weighted by atomic mass is 10.3. The quantitative estimate of drug-likeness (QED) is 0.839. The van der Waals surface area contributed by atoms with Crippen LogP contribution in [0.1, 0.15) is 26.2 Å². The van der Waals surface area contributed by atoms with Gasteiger partial charge >= 0.3 is 0 Å². The fourth-order valence-electron chi connectivity index (χ4n) is 2.24. The highest BCUT2D eigenvalue weighted by atomic mass is 32.2. The molecule has 0 aliphatic heterocycles. The minimum absolute atomic E-state index is 0.115. The van der Waals surface area contributed by atoms with Gasteiger partial charge in [0.1, 0.15) is 5.75 Å². The summed E-state index contributed by atoms with van der Waals surface area (Å²) in [6.07, 6.45) is 5.38. The number of carbonyl (C=O) groups is 1. The summed E-state index contributed by atoms with van der Waals surface area (Å²) >= 11 is 1.39. The molecule has 19 heavy (non-hydrogen) atoms. The van der Waals surface area contributed by atoms with Gasteiger partial charge in [0.15, 0.2) is 0 Å². The van der Waals surface area contributed by atoms with E-state index in [2.05, 4.69) is 6.08 Å². The van der Waals surface area contributed by atoms with Crippen LogP contribution in [-0.4, -0.2) is 28.2 Å². The second-order valence-electron chi connectivity index (χ2n) is 4.48. The van der Waals surface area contributed by atoms with E-state index in [0.29, 0.717) is 12.3 Å². The van der Waals surface area contributed by atoms with Crippen molar-refractivity contribution in [3.63, 3.8) is 0 Å². The van der Waals surface area contributed by atoms with Crippen LogP contribution in [-0.2, 0) is 4.79 Å². The number of aromatic hydroxyl groups is 1. The van der Waals surface area contributed by atoms with E-state index in [1.807, 2.05) is 24.0 Å². The summed E-state index contributed by atoms with van der Waals surface area (Å²) in [6.45, 7) is 2.72. The van der Waals surface area contributed by atoms with E-state index >= 15 is 0 Å². The first-order valence-electron chi connectivity index (χ1n) is 6.62. The van der Waals surface area contributed by atoms with Crippen LogP contribution in [0.5, 0.6) is 5.75 Å². The number of rotatable bonds is 5. The molecule has 0 heterocycles. The number of phenolic OH excluding ortho intramolecular Hbond substituents is 1. The third-order valence-electron chi connectivity index (χ3n) is 3.20. The molecule has 0 spiro atoms. The van der Waals surface area contributed by atoms with Gasteiger partial charge in [-0.15, -0.1) is 11.8 Å². The molecule has 1 N–H and O–H groups in total. The van der Waals surface area contributed by atoms with Gasteiger partial charge in [0.2, 0.25) is 5.91 Å². The van der Waals surface area contributed by atoms with Crippen molar-refractivity contribution in [2.45, 2.75) is 31.1 Å². The van der Waals surface area contributed by atoms with Crippen LogP contribution in [0.15, 0.2) is 40.9 Å². The van der Waals surface area contributed by atoms with Crippen LogP contribution in [0.2, 0.25) is 0 Å². The molecule has 0 unspecified atom stereocenters. The summed E-state index contributed by atoms with van der Waals surface area (Å²) in [5, 5.41) is 9.67. The number of nitrogens with zero attached hydrogens (tertiary/aromatic N) is 1. The minimum Gasteiger partial charge on any atom is -0.507 e. The van der Waals surface area contributed by atoms with Gasteiger partial charge in [0, 0.05) is 17.1 Å². The van der Waals surface area contributed by atoms with Gasteiger partial charge in [-0.2, -0.15) is 0 Å². The van der Waals surface area contributed by atoms with Gasteiger partial charge in [-0.05, 0) is 38.3 Å². The predicted octanol–water partition coefficient (Wildman–Crippen LogP) is 3.40. The molecule has 0 bridgehead atoms. The molecule has 0 radical (unpaired) electrons. The lowest BCUT2D eigenvalue weighted by molar-refractivity contribution is -0.126. The van der Waals surface area contributed by atoms with Gasteiger partial charge in [-0.25, -0.2) is 0 Å². The lowest BCUT2D eigenvalue weighted by Gasteiger charge is -2.22. The Hall–Kier alpha value is -1.42. The van der Waals surface area contributed by atoms with E-state index in [1.165, 1.54) is 11.8 Å². The zero-order valence-corrected chi connectivity index (χ0v) is 11.9. The average molecular weight is 277 g/mol. The molecule has 1 aliphatic rings. The van der Waals surface area contributed by atoms with Crippen LogP contribution in [0.25, 0.3) is 0 Å². The summed E-state index contributed by atoms with van der Waals surface area (Å²) in [6, 6.07) is 7.12. The molecule has 3 nitrogen and oxygen atoms in total. The molecule has 0 aromatic heterocycles. The second kappa shape index (κ2) is 6.66. The molecule has 0 saturated carbocycles. The second-order valence-corrected chi connectivity index (χ2v) is 5.50. The van der Waals surface area contributed by atoms with Crippen molar-refractivity contribution in [3.8, 4) is 5.75 Å². The fraction of sp³-hybridized carbons (Fsp3) is 0.400. The number of allylic oxidation sites excluding steroid dienone is 2. The van der Waals surface area contributed by atoms with Crippen molar-refractivity contribution in [1.29, 1.82) is 0 Å². The first kappa shape index (κ1) is 14.0. The molecule has 1 aliphatic carbocycles. The minimum atomic E-state index is 0.115. The predicted molar refractivity (Wildman–Crippen MR) is 78.2 cm³/mol. The molecular formula is C15H19NO2S. The molecule has 2 rings (SSSR count). The number of carbonyl (C=O) groups excluding carboxylic acids is 1. The number of benzene rings is 1.